The van der Waals surface area contributed by atoms with E-state index in [9.17, 15) is 4.79 Å². The van der Waals surface area contributed by atoms with Crippen LogP contribution in [0.3, 0.4) is 0 Å². The van der Waals surface area contributed by atoms with E-state index < -0.39 is 0 Å². The van der Waals surface area contributed by atoms with Crippen LogP contribution < -0.4 is 10.6 Å². The van der Waals surface area contributed by atoms with Gasteiger partial charge in [0, 0.05) is 26.0 Å². The third-order valence-corrected chi connectivity index (χ3v) is 4.90. The van der Waals surface area contributed by atoms with E-state index >= 15 is 0 Å². The van der Waals surface area contributed by atoms with E-state index in [4.69, 9.17) is 23.8 Å². The third kappa shape index (κ3) is 4.85. The van der Waals surface area contributed by atoms with Crippen LogP contribution in [-0.2, 0) is 0 Å². The largest absolute Gasteiger partial charge is 0.308 e. The maximum Gasteiger partial charge on any atom is 0.257 e. The molecule has 1 aromatic heterocycles. The Morgan fingerprint density at radius 2 is 1.96 bits per heavy atom. The Kier molecular flexibility index (Phi) is 5.80. The number of benzene rings is 2. The fourth-order valence-electron chi connectivity index (χ4n) is 2.02. The van der Waals surface area contributed by atoms with E-state index in [1.54, 1.807) is 24.3 Å². The summed E-state index contributed by atoms with van der Waals surface area (Å²) in [5.41, 5.74) is 2.27. The highest BCUT2D eigenvalue weighted by Gasteiger charge is 2.10. The number of halogens is 2. The van der Waals surface area contributed by atoms with Crippen molar-refractivity contribution in [3.8, 4) is 11.3 Å². The minimum absolute atomic E-state index is 0.182. The third-order valence-electron chi connectivity index (χ3n) is 3.18. The van der Waals surface area contributed by atoms with Crippen LogP contribution in [0.2, 0.25) is 5.02 Å². The summed E-state index contributed by atoms with van der Waals surface area (Å²) >= 11 is 15.9. The average Bonchev–Trinajstić information content (AvgIpc) is 3.03. The van der Waals surface area contributed by atoms with E-state index in [2.05, 4.69) is 31.5 Å². The summed E-state index contributed by atoms with van der Waals surface area (Å²) in [5, 5.41) is 8.74. The van der Waals surface area contributed by atoms with Crippen molar-refractivity contribution in [2.75, 3.05) is 5.32 Å². The summed E-state index contributed by atoms with van der Waals surface area (Å²) in [7, 11) is 0. The lowest BCUT2D eigenvalue weighted by molar-refractivity contribution is 0.0977. The lowest BCUT2D eigenvalue weighted by Crippen LogP contribution is -2.34. The van der Waals surface area contributed by atoms with Gasteiger partial charge in [-0.2, -0.15) is 0 Å². The van der Waals surface area contributed by atoms with Crippen LogP contribution in [0.15, 0.2) is 58.4 Å². The quantitative estimate of drug-likeness (QED) is 0.526. The molecule has 25 heavy (non-hydrogen) atoms. The maximum atomic E-state index is 12.1. The van der Waals surface area contributed by atoms with Gasteiger partial charge in [-0.25, -0.2) is 4.98 Å². The number of hydrogen-bond acceptors (Lipinski definition) is 4. The zero-order valence-corrected chi connectivity index (χ0v) is 16.6. The molecule has 2 aromatic carbocycles. The molecule has 3 aromatic rings. The number of carbonyl (C=O) groups is 1. The van der Waals surface area contributed by atoms with Crippen molar-refractivity contribution in [1.29, 1.82) is 0 Å². The minimum Gasteiger partial charge on any atom is -0.308 e. The highest BCUT2D eigenvalue weighted by molar-refractivity contribution is 9.10. The Bertz CT molecular complexity index is 928. The molecule has 0 fully saturated rings. The van der Waals surface area contributed by atoms with Crippen LogP contribution in [0.25, 0.3) is 11.3 Å². The van der Waals surface area contributed by atoms with Gasteiger partial charge in [0.1, 0.15) is 0 Å². The second-order valence-corrected chi connectivity index (χ2v) is 7.58. The highest BCUT2D eigenvalue weighted by Crippen LogP contribution is 2.26. The van der Waals surface area contributed by atoms with Gasteiger partial charge in [-0.1, -0.05) is 45.7 Å². The lowest BCUT2D eigenvalue weighted by atomic mass is 10.2. The summed E-state index contributed by atoms with van der Waals surface area (Å²) in [6.07, 6.45) is 0. The standard InChI is InChI=1S/C17H11BrClN3OS2/c18-12-6-4-10(5-7-12)14-9-25-17(20-14)22-16(24)21-15(23)11-2-1-3-13(19)8-11/h1-9H,(H2,20,21,22,23,24). The van der Waals surface area contributed by atoms with Crippen molar-refractivity contribution in [3.63, 3.8) is 0 Å². The molecule has 2 N–H and O–H groups in total. The van der Waals surface area contributed by atoms with Crippen LogP contribution in [0.1, 0.15) is 10.4 Å². The molecule has 0 bridgehead atoms. The van der Waals surface area contributed by atoms with Gasteiger partial charge in [0.05, 0.1) is 5.69 Å². The van der Waals surface area contributed by atoms with Crippen LogP contribution in [-0.4, -0.2) is 16.0 Å². The number of nitrogens with one attached hydrogen (secondary N) is 2. The first kappa shape index (κ1) is 18.0. The molecule has 126 valence electrons. The molecule has 3 rings (SSSR count). The van der Waals surface area contributed by atoms with Crippen molar-refractivity contribution >= 4 is 67.2 Å². The molecule has 0 spiro atoms. The second kappa shape index (κ2) is 8.05. The number of thiocarbonyl (C=S) groups is 1. The minimum atomic E-state index is -0.329. The zero-order valence-electron chi connectivity index (χ0n) is 12.6. The molecule has 0 aliphatic carbocycles. The van der Waals surface area contributed by atoms with Crippen LogP contribution in [0.4, 0.5) is 5.13 Å². The molecule has 0 aliphatic rings. The van der Waals surface area contributed by atoms with Crippen molar-refractivity contribution in [1.82, 2.24) is 10.3 Å². The number of nitrogens with zero attached hydrogens (tertiary/aromatic N) is 1. The van der Waals surface area contributed by atoms with Crippen LogP contribution in [0.5, 0.6) is 0 Å². The first-order valence-electron chi connectivity index (χ1n) is 7.10. The Labute approximate surface area is 167 Å². The van der Waals surface area contributed by atoms with Crippen molar-refractivity contribution < 1.29 is 4.79 Å². The summed E-state index contributed by atoms with van der Waals surface area (Å²) in [6, 6.07) is 14.5. The Hall–Kier alpha value is -1.80. The number of rotatable bonds is 3. The first-order chi connectivity index (χ1) is 12.0. The van der Waals surface area contributed by atoms with Crippen molar-refractivity contribution in [2.45, 2.75) is 0 Å². The van der Waals surface area contributed by atoms with E-state index in [-0.39, 0.29) is 11.0 Å². The fourth-order valence-corrected chi connectivity index (χ4v) is 3.45. The number of amides is 1. The van der Waals surface area contributed by atoms with Gasteiger partial charge < -0.3 is 5.32 Å². The molecular weight excluding hydrogens is 442 g/mol. The number of thiazole rings is 1. The first-order valence-corrected chi connectivity index (χ1v) is 9.56. The lowest BCUT2D eigenvalue weighted by Gasteiger charge is -2.07. The molecule has 8 heteroatoms. The average molecular weight is 453 g/mol. The molecule has 0 saturated heterocycles. The number of aromatic nitrogens is 1. The normalized spacial score (nSPS) is 10.3. The Balaban J connectivity index is 1.63. The van der Waals surface area contributed by atoms with Gasteiger partial charge in [-0.15, -0.1) is 11.3 Å². The van der Waals surface area contributed by atoms with Crippen molar-refractivity contribution in [2.24, 2.45) is 0 Å². The molecule has 0 atom stereocenters. The van der Waals surface area contributed by atoms with Gasteiger partial charge in [-0.05, 0) is 42.5 Å². The molecule has 1 heterocycles. The van der Waals surface area contributed by atoms with Gasteiger partial charge in [-0.3, -0.25) is 10.1 Å². The predicted molar refractivity (Wildman–Crippen MR) is 110 cm³/mol. The molecule has 0 unspecified atom stereocenters. The van der Waals surface area contributed by atoms with E-state index in [0.717, 1.165) is 15.7 Å². The smallest absolute Gasteiger partial charge is 0.257 e. The monoisotopic (exact) mass is 451 g/mol. The van der Waals surface area contributed by atoms with Gasteiger partial charge in [0.15, 0.2) is 10.2 Å². The molecule has 4 nitrogen and oxygen atoms in total. The molecule has 1 amide bonds. The van der Waals surface area contributed by atoms with E-state index in [1.165, 1.54) is 11.3 Å². The van der Waals surface area contributed by atoms with Crippen molar-refractivity contribution in [3.05, 3.63) is 69.0 Å². The molecule has 0 radical (unpaired) electrons. The molecule has 0 saturated carbocycles. The SMILES string of the molecule is O=C(NC(=S)Nc1nc(-c2ccc(Br)cc2)cs1)c1cccc(Cl)c1. The summed E-state index contributed by atoms with van der Waals surface area (Å²) in [5.74, 6) is -0.329. The van der Waals surface area contributed by atoms with Crippen LogP contribution in [0, 0.1) is 0 Å². The molecule has 0 aliphatic heterocycles. The Morgan fingerprint density at radius 3 is 2.68 bits per heavy atom. The Morgan fingerprint density at radius 1 is 1.20 bits per heavy atom. The molecular formula is C17H11BrClN3OS2. The van der Waals surface area contributed by atoms with Gasteiger partial charge in [0.25, 0.3) is 5.91 Å². The zero-order chi connectivity index (χ0) is 17.8. The number of carbonyl (C=O) groups excluding carboxylic acids is 1. The predicted octanol–water partition coefficient (Wildman–Crippen LogP) is 5.35. The summed E-state index contributed by atoms with van der Waals surface area (Å²) < 4.78 is 1.01. The van der Waals surface area contributed by atoms with Crippen LogP contribution >= 0.6 is 51.1 Å². The van der Waals surface area contributed by atoms with E-state index in [0.29, 0.717) is 15.7 Å². The van der Waals surface area contributed by atoms with Gasteiger partial charge in [0.2, 0.25) is 0 Å². The summed E-state index contributed by atoms with van der Waals surface area (Å²) in [6.45, 7) is 0. The summed E-state index contributed by atoms with van der Waals surface area (Å²) in [4.78, 5) is 16.6. The fraction of sp³-hybridized carbons (Fsp3) is 0. The number of hydrogen-bond donors (Lipinski definition) is 2. The van der Waals surface area contributed by atoms with Gasteiger partial charge >= 0.3 is 0 Å². The highest BCUT2D eigenvalue weighted by atomic mass is 79.9. The maximum absolute atomic E-state index is 12.1. The number of anilines is 1. The second-order valence-electron chi connectivity index (χ2n) is 4.96. The van der Waals surface area contributed by atoms with E-state index in [1.807, 2.05) is 29.6 Å². The topological polar surface area (TPSA) is 54.0 Å².